The molecule has 0 bridgehead atoms. The molecule has 1 aliphatic heterocycles. The Hall–Kier alpha value is -3.91. The molecule has 0 radical (unpaired) electrons. The predicted octanol–water partition coefficient (Wildman–Crippen LogP) is 4.40. The Balaban J connectivity index is 1.62. The lowest BCUT2D eigenvalue weighted by Gasteiger charge is -2.26. The van der Waals surface area contributed by atoms with E-state index >= 15 is 0 Å². The van der Waals surface area contributed by atoms with Crippen LogP contribution in [-0.4, -0.2) is 23.0 Å². The molecule has 0 atom stereocenters. The Kier molecular flexibility index (Phi) is 6.04. The molecular weight excluding hydrogens is 476 g/mol. The van der Waals surface area contributed by atoms with Gasteiger partial charge >= 0.3 is 6.03 Å². The Labute approximate surface area is 192 Å². The molecule has 1 saturated heterocycles. The SMILES string of the molecule is O=C1NC(=O)N(c2ccc(O)cc2)C(=O)C1=Cc1ccccc1OCc1ccc(Br)cc1. The van der Waals surface area contributed by atoms with Crippen molar-refractivity contribution in [3.63, 3.8) is 0 Å². The molecule has 0 aliphatic carbocycles. The van der Waals surface area contributed by atoms with E-state index in [9.17, 15) is 19.5 Å². The summed E-state index contributed by atoms with van der Waals surface area (Å²) in [6.45, 7) is 0.297. The lowest BCUT2D eigenvalue weighted by molar-refractivity contribution is -0.122. The van der Waals surface area contributed by atoms with Crippen molar-refractivity contribution in [2.45, 2.75) is 6.61 Å². The summed E-state index contributed by atoms with van der Waals surface area (Å²) in [5.41, 5.74) is 1.48. The van der Waals surface area contributed by atoms with Crippen molar-refractivity contribution in [1.29, 1.82) is 0 Å². The minimum absolute atomic E-state index is 0.0118. The third-order valence-corrected chi connectivity index (χ3v) is 5.26. The molecule has 3 aromatic rings. The standard InChI is InChI=1S/C24H17BrN2O5/c25-17-7-5-15(6-8-17)14-32-21-4-2-1-3-16(21)13-20-22(29)26-24(31)27(23(20)30)18-9-11-19(28)12-10-18/h1-13,28H,14H2,(H,26,29,31). The van der Waals surface area contributed by atoms with Gasteiger partial charge in [0.05, 0.1) is 5.69 Å². The molecule has 4 amide bonds. The fraction of sp³-hybridized carbons (Fsp3) is 0.0417. The van der Waals surface area contributed by atoms with Crippen LogP contribution in [0.2, 0.25) is 0 Å². The van der Waals surface area contributed by atoms with E-state index in [0.717, 1.165) is 14.9 Å². The number of nitrogens with one attached hydrogen (secondary N) is 1. The number of ether oxygens (including phenoxy) is 1. The molecule has 1 heterocycles. The van der Waals surface area contributed by atoms with Crippen LogP contribution in [-0.2, 0) is 16.2 Å². The first-order valence-corrected chi connectivity index (χ1v) is 10.4. The van der Waals surface area contributed by atoms with E-state index in [1.54, 1.807) is 24.3 Å². The van der Waals surface area contributed by atoms with Gasteiger partial charge < -0.3 is 9.84 Å². The summed E-state index contributed by atoms with van der Waals surface area (Å²) in [6, 6.07) is 19.3. The van der Waals surface area contributed by atoms with E-state index in [1.807, 2.05) is 24.3 Å². The van der Waals surface area contributed by atoms with Crippen molar-refractivity contribution in [3.8, 4) is 11.5 Å². The van der Waals surface area contributed by atoms with E-state index in [0.29, 0.717) is 17.9 Å². The highest BCUT2D eigenvalue weighted by Gasteiger charge is 2.36. The van der Waals surface area contributed by atoms with Crippen molar-refractivity contribution in [1.82, 2.24) is 5.32 Å². The topological polar surface area (TPSA) is 95.9 Å². The monoisotopic (exact) mass is 492 g/mol. The van der Waals surface area contributed by atoms with Gasteiger partial charge in [-0.3, -0.25) is 14.9 Å². The van der Waals surface area contributed by atoms with Gasteiger partial charge in [-0.15, -0.1) is 0 Å². The molecule has 0 spiro atoms. The smallest absolute Gasteiger partial charge is 0.335 e. The van der Waals surface area contributed by atoms with Crippen LogP contribution in [0.4, 0.5) is 10.5 Å². The van der Waals surface area contributed by atoms with Crippen molar-refractivity contribution >= 4 is 45.5 Å². The van der Waals surface area contributed by atoms with E-state index in [-0.39, 0.29) is 17.0 Å². The van der Waals surface area contributed by atoms with E-state index < -0.39 is 17.8 Å². The second-order valence-corrected chi connectivity index (χ2v) is 7.84. The zero-order valence-electron chi connectivity index (χ0n) is 16.6. The number of phenols is 1. The summed E-state index contributed by atoms with van der Waals surface area (Å²) in [6.07, 6.45) is 1.40. The van der Waals surface area contributed by atoms with Gasteiger partial charge in [-0.25, -0.2) is 9.69 Å². The lowest BCUT2D eigenvalue weighted by atomic mass is 10.1. The van der Waals surface area contributed by atoms with Crippen LogP contribution < -0.4 is 15.0 Å². The van der Waals surface area contributed by atoms with Gasteiger partial charge in [0, 0.05) is 10.0 Å². The molecule has 0 saturated carbocycles. The van der Waals surface area contributed by atoms with Crippen LogP contribution in [0.25, 0.3) is 6.08 Å². The van der Waals surface area contributed by atoms with Gasteiger partial charge in [0.2, 0.25) is 0 Å². The van der Waals surface area contributed by atoms with Gasteiger partial charge in [-0.2, -0.15) is 0 Å². The highest BCUT2D eigenvalue weighted by Crippen LogP contribution is 2.27. The van der Waals surface area contributed by atoms with E-state index in [2.05, 4.69) is 21.2 Å². The fourth-order valence-electron chi connectivity index (χ4n) is 3.12. The van der Waals surface area contributed by atoms with Crippen molar-refractivity contribution < 1.29 is 24.2 Å². The van der Waals surface area contributed by atoms with Crippen LogP contribution >= 0.6 is 15.9 Å². The van der Waals surface area contributed by atoms with Gasteiger partial charge in [0.25, 0.3) is 11.8 Å². The lowest BCUT2D eigenvalue weighted by Crippen LogP contribution is -2.54. The number of urea groups is 1. The third-order valence-electron chi connectivity index (χ3n) is 4.74. The Morgan fingerprint density at radius 1 is 0.938 bits per heavy atom. The van der Waals surface area contributed by atoms with Crippen LogP contribution in [0.5, 0.6) is 11.5 Å². The Morgan fingerprint density at radius 3 is 2.34 bits per heavy atom. The molecule has 4 rings (SSSR count). The van der Waals surface area contributed by atoms with Crippen LogP contribution in [0, 0.1) is 0 Å². The summed E-state index contributed by atoms with van der Waals surface area (Å²) in [4.78, 5) is 38.6. The van der Waals surface area contributed by atoms with Crippen LogP contribution in [0.15, 0.2) is 82.8 Å². The van der Waals surface area contributed by atoms with E-state index in [1.165, 1.54) is 30.3 Å². The average molecular weight is 493 g/mol. The van der Waals surface area contributed by atoms with E-state index in [4.69, 9.17) is 4.74 Å². The molecule has 160 valence electrons. The maximum Gasteiger partial charge on any atom is 0.335 e. The second kappa shape index (κ2) is 9.07. The average Bonchev–Trinajstić information content (AvgIpc) is 2.78. The van der Waals surface area contributed by atoms with Crippen molar-refractivity contribution in [2.24, 2.45) is 0 Å². The third kappa shape index (κ3) is 4.55. The zero-order valence-corrected chi connectivity index (χ0v) is 18.2. The number of carbonyl (C=O) groups excluding carboxylic acids is 3. The minimum Gasteiger partial charge on any atom is -0.508 e. The summed E-state index contributed by atoms with van der Waals surface area (Å²) < 4.78 is 6.87. The van der Waals surface area contributed by atoms with Crippen LogP contribution in [0.1, 0.15) is 11.1 Å². The molecular formula is C24H17BrN2O5. The van der Waals surface area contributed by atoms with Crippen molar-refractivity contribution in [2.75, 3.05) is 4.90 Å². The molecule has 7 nitrogen and oxygen atoms in total. The molecule has 8 heteroatoms. The van der Waals surface area contributed by atoms with Gasteiger partial charge in [-0.05, 0) is 54.1 Å². The quantitative estimate of drug-likeness (QED) is 0.406. The maximum atomic E-state index is 13.0. The number of benzene rings is 3. The number of hydrogen-bond acceptors (Lipinski definition) is 5. The van der Waals surface area contributed by atoms with Crippen LogP contribution in [0.3, 0.4) is 0 Å². The number of imide groups is 2. The number of amides is 4. The molecule has 1 fully saturated rings. The Bertz CT molecular complexity index is 1220. The number of phenolic OH excluding ortho intramolecular Hbond substituents is 1. The molecule has 0 unspecified atom stereocenters. The molecule has 3 aromatic carbocycles. The summed E-state index contributed by atoms with van der Waals surface area (Å²) >= 11 is 3.39. The van der Waals surface area contributed by atoms with Crippen molar-refractivity contribution in [3.05, 3.63) is 94.0 Å². The van der Waals surface area contributed by atoms with Gasteiger partial charge in [0.15, 0.2) is 0 Å². The maximum absolute atomic E-state index is 13.0. The number of barbiturate groups is 1. The highest BCUT2D eigenvalue weighted by atomic mass is 79.9. The summed E-state index contributed by atoms with van der Waals surface area (Å²) in [5.74, 6) is -1.09. The zero-order chi connectivity index (χ0) is 22.7. The number of carbonyl (C=O) groups is 3. The number of nitrogens with zero attached hydrogens (tertiary/aromatic N) is 1. The number of para-hydroxylation sites is 1. The minimum atomic E-state index is -0.859. The number of rotatable bonds is 5. The molecule has 32 heavy (non-hydrogen) atoms. The highest BCUT2D eigenvalue weighted by molar-refractivity contribution is 9.10. The normalized spacial score (nSPS) is 15.1. The summed E-state index contributed by atoms with van der Waals surface area (Å²) in [5, 5.41) is 11.6. The molecule has 1 aliphatic rings. The number of halogens is 1. The number of anilines is 1. The largest absolute Gasteiger partial charge is 0.508 e. The first kappa shape index (κ1) is 21.3. The first-order chi connectivity index (χ1) is 15.4. The summed E-state index contributed by atoms with van der Waals surface area (Å²) in [7, 11) is 0. The molecule has 2 N–H and O–H groups in total. The predicted molar refractivity (Wildman–Crippen MR) is 122 cm³/mol. The first-order valence-electron chi connectivity index (χ1n) is 9.59. The van der Waals surface area contributed by atoms with Gasteiger partial charge in [-0.1, -0.05) is 46.3 Å². The fourth-order valence-corrected chi connectivity index (χ4v) is 3.39. The second-order valence-electron chi connectivity index (χ2n) is 6.93. The molecule has 0 aromatic heterocycles. The number of hydrogen-bond donors (Lipinski definition) is 2. The van der Waals surface area contributed by atoms with Gasteiger partial charge in [0.1, 0.15) is 23.7 Å². The Morgan fingerprint density at radius 2 is 1.62 bits per heavy atom. The number of aromatic hydroxyl groups is 1.